The molecular formula is C14H16N4O2S. The van der Waals surface area contributed by atoms with E-state index >= 15 is 0 Å². The van der Waals surface area contributed by atoms with E-state index in [4.69, 9.17) is 0 Å². The number of thiazole rings is 1. The van der Waals surface area contributed by atoms with Crippen LogP contribution in [0.4, 0.5) is 5.13 Å². The van der Waals surface area contributed by atoms with Crippen molar-refractivity contribution in [3.63, 3.8) is 0 Å². The third-order valence-corrected chi connectivity index (χ3v) is 4.46. The average molecular weight is 304 g/mol. The Morgan fingerprint density at radius 2 is 2.10 bits per heavy atom. The second-order valence-corrected chi connectivity index (χ2v) is 6.16. The lowest BCUT2D eigenvalue weighted by atomic mass is 10.1. The lowest BCUT2D eigenvalue weighted by Gasteiger charge is -2.01. The molecule has 0 atom stereocenters. The number of aromatic nitrogens is 3. The minimum atomic E-state index is -0.661. The highest BCUT2D eigenvalue weighted by Gasteiger charge is 2.28. The molecule has 2 heterocycles. The van der Waals surface area contributed by atoms with Gasteiger partial charge in [0, 0.05) is 24.0 Å². The van der Waals surface area contributed by atoms with Gasteiger partial charge in [0.1, 0.15) is 0 Å². The maximum atomic E-state index is 12.3. The normalized spacial score (nSPS) is 14.2. The Kier molecular flexibility index (Phi) is 3.36. The number of Topliss-reactive ketones (excluding diaryl/α,β-unsaturated/α-hetero) is 1. The van der Waals surface area contributed by atoms with Crippen LogP contribution >= 0.6 is 11.3 Å². The molecule has 0 unspecified atom stereocenters. The van der Waals surface area contributed by atoms with Gasteiger partial charge in [0.25, 0.3) is 11.7 Å². The molecule has 1 N–H and O–H groups in total. The molecule has 0 spiro atoms. The number of rotatable bonds is 4. The number of carbonyl (C=O) groups excluding carboxylic acids is 2. The molecule has 0 bridgehead atoms. The van der Waals surface area contributed by atoms with Crippen LogP contribution in [0.5, 0.6) is 0 Å². The minimum absolute atomic E-state index is 0.369. The Morgan fingerprint density at radius 1 is 1.38 bits per heavy atom. The molecule has 1 fully saturated rings. The van der Waals surface area contributed by atoms with Crippen molar-refractivity contribution in [3.8, 4) is 0 Å². The Balaban J connectivity index is 1.76. The van der Waals surface area contributed by atoms with Gasteiger partial charge < -0.3 is 0 Å². The number of hydrogen-bond donors (Lipinski definition) is 1. The monoisotopic (exact) mass is 304 g/mol. The van der Waals surface area contributed by atoms with Crippen LogP contribution in [0.15, 0.2) is 5.38 Å². The summed E-state index contributed by atoms with van der Waals surface area (Å²) in [5.74, 6) is -0.697. The number of carbonyl (C=O) groups is 2. The first kappa shape index (κ1) is 13.9. The zero-order valence-electron chi connectivity index (χ0n) is 12.1. The maximum Gasteiger partial charge on any atom is 0.298 e. The molecule has 1 amide bonds. The van der Waals surface area contributed by atoms with Crippen LogP contribution in [0.2, 0.25) is 0 Å². The molecule has 2 aromatic heterocycles. The van der Waals surface area contributed by atoms with Gasteiger partial charge in [-0.3, -0.25) is 19.6 Å². The summed E-state index contributed by atoms with van der Waals surface area (Å²) < 4.78 is 1.60. The summed E-state index contributed by atoms with van der Waals surface area (Å²) >= 11 is 1.36. The van der Waals surface area contributed by atoms with Crippen LogP contribution in [-0.4, -0.2) is 26.5 Å². The van der Waals surface area contributed by atoms with Crippen LogP contribution in [0.1, 0.15) is 46.2 Å². The smallest absolute Gasteiger partial charge is 0.295 e. The lowest BCUT2D eigenvalue weighted by Crippen LogP contribution is -2.24. The SMILES string of the molecule is Cc1nn(C)c(C)c1C(=O)C(=O)Nc1nc(C2CC2)cs1. The number of ketones is 1. The van der Waals surface area contributed by atoms with E-state index in [9.17, 15) is 9.59 Å². The van der Waals surface area contributed by atoms with Crippen molar-refractivity contribution in [1.29, 1.82) is 0 Å². The molecule has 2 aromatic rings. The fourth-order valence-corrected chi connectivity index (χ4v) is 3.07. The number of aryl methyl sites for hydroxylation is 2. The number of amides is 1. The van der Waals surface area contributed by atoms with Gasteiger partial charge in [0.15, 0.2) is 5.13 Å². The van der Waals surface area contributed by atoms with Crippen molar-refractivity contribution < 1.29 is 9.59 Å². The zero-order chi connectivity index (χ0) is 15.1. The number of anilines is 1. The van der Waals surface area contributed by atoms with E-state index < -0.39 is 11.7 Å². The largest absolute Gasteiger partial charge is 0.298 e. The zero-order valence-corrected chi connectivity index (χ0v) is 13.0. The minimum Gasteiger partial charge on any atom is -0.295 e. The van der Waals surface area contributed by atoms with Crippen LogP contribution in [0.25, 0.3) is 0 Å². The topological polar surface area (TPSA) is 76.9 Å². The standard InChI is InChI=1S/C14H16N4O2S/c1-7-11(8(2)18(3)17-7)12(19)13(20)16-14-15-10(6-21-14)9-4-5-9/h6,9H,4-5H2,1-3H3,(H,15,16,20). The van der Waals surface area contributed by atoms with E-state index in [2.05, 4.69) is 15.4 Å². The molecule has 7 heteroatoms. The summed E-state index contributed by atoms with van der Waals surface area (Å²) in [6, 6.07) is 0. The van der Waals surface area contributed by atoms with E-state index in [0.29, 0.717) is 28.0 Å². The van der Waals surface area contributed by atoms with E-state index in [1.807, 2.05) is 5.38 Å². The average Bonchev–Trinajstić information content (AvgIpc) is 3.13. The van der Waals surface area contributed by atoms with Crippen LogP contribution in [0.3, 0.4) is 0 Å². The van der Waals surface area contributed by atoms with Crippen molar-refractivity contribution >= 4 is 28.2 Å². The molecule has 21 heavy (non-hydrogen) atoms. The van der Waals surface area contributed by atoms with Crippen molar-refractivity contribution in [2.45, 2.75) is 32.6 Å². The van der Waals surface area contributed by atoms with Crippen LogP contribution < -0.4 is 5.32 Å². The van der Waals surface area contributed by atoms with Crippen molar-refractivity contribution in [2.24, 2.45) is 7.05 Å². The summed E-state index contributed by atoms with van der Waals surface area (Å²) in [5.41, 5.74) is 2.63. The van der Waals surface area contributed by atoms with E-state index in [1.54, 1.807) is 25.6 Å². The first-order valence-electron chi connectivity index (χ1n) is 6.78. The van der Waals surface area contributed by atoms with Gasteiger partial charge in [-0.05, 0) is 26.7 Å². The van der Waals surface area contributed by atoms with E-state index in [0.717, 1.165) is 18.5 Å². The number of hydrogen-bond acceptors (Lipinski definition) is 5. The third-order valence-electron chi connectivity index (χ3n) is 3.68. The Hall–Kier alpha value is -2.02. The Morgan fingerprint density at radius 3 is 2.67 bits per heavy atom. The summed E-state index contributed by atoms with van der Waals surface area (Å²) in [4.78, 5) is 28.7. The molecule has 110 valence electrons. The van der Waals surface area contributed by atoms with Gasteiger partial charge in [0.2, 0.25) is 0 Å². The highest BCUT2D eigenvalue weighted by atomic mass is 32.1. The van der Waals surface area contributed by atoms with Crippen molar-refractivity contribution in [3.05, 3.63) is 28.0 Å². The van der Waals surface area contributed by atoms with Gasteiger partial charge in [-0.1, -0.05) is 0 Å². The van der Waals surface area contributed by atoms with Crippen LogP contribution in [-0.2, 0) is 11.8 Å². The first-order valence-corrected chi connectivity index (χ1v) is 7.66. The quantitative estimate of drug-likeness (QED) is 0.694. The highest BCUT2D eigenvalue weighted by Crippen LogP contribution is 2.40. The Bertz CT molecular complexity index is 727. The Labute approximate surface area is 126 Å². The van der Waals surface area contributed by atoms with Gasteiger partial charge >= 0.3 is 0 Å². The summed E-state index contributed by atoms with van der Waals surface area (Å²) in [6.45, 7) is 3.50. The molecular weight excluding hydrogens is 288 g/mol. The highest BCUT2D eigenvalue weighted by molar-refractivity contribution is 7.14. The molecule has 6 nitrogen and oxygen atoms in total. The van der Waals surface area contributed by atoms with Gasteiger partial charge in [-0.25, -0.2) is 4.98 Å². The second kappa shape index (κ2) is 5.07. The molecule has 1 aliphatic carbocycles. The van der Waals surface area contributed by atoms with Gasteiger partial charge in [-0.15, -0.1) is 11.3 Å². The lowest BCUT2D eigenvalue weighted by molar-refractivity contribution is -0.112. The molecule has 1 saturated carbocycles. The summed E-state index contributed by atoms with van der Waals surface area (Å²) in [5, 5.41) is 9.17. The molecule has 0 saturated heterocycles. The predicted octanol–water partition coefficient (Wildman–Crippen LogP) is 2.19. The molecule has 0 radical (unpaired) electrons. The first-order chi connectivity index (χ1) is 9.97. The van der Waals surface area contributed by atoms with Gasteiger partial charge in [-0.2, -0.15) is 5.10 Å². The molecule has 0 aromatic carbocycles. The fraction of sp³-hybridized carbons (Fsp3) is 0.429. The third kappa shape index (κ3) is 2.61. The fourth-order valence-electron chi connectivity index (χ4n) is 2.28. The second-order valence-electron chi connectivity index (χ2n) is 5.30. The van der Waals surface area contributed by atoms with E-state index in [1.165, 1.54) is 11.3 Å². The summed E-state index contributed by atoms with van der Waals surface area (Å²) in [7, 11) is 1.75. The van der Waals surface area contributed by atoms with Crippen molar-refractivity contribution in [1.82, 2.24) is 14.8 Å². The number of nitrogens with one attached hydrogen (secondary N) is 1. The maximum absolute atomic E-state index is 12.3. The number of nitrogens with zero attached hydrogens (tertiary/aromatic N) is 3. The van der Waals surface area contributed by atoms with E-state index in [-0.39, 0.29) is 0 Å². The molecule has 0 aliphatic heterocycles. The molecule has 3 rings (SSSR count). The van der Waals surface area contributed by atoms with Crippen molar-refractivity contribution in [2.75, 3.05) is 5.32 Å². The summed E-state index contributed by atoms with van der Waals surface area (Å²) in [6.07, 6.45) is 2.31. The molecule has 1 aliphatic rings. The van der Waals surface area contributed by atoms with Gasteiger partial charge in [0.05, 0.1) is 17.0 Å². The van der Waals surface area contributed by atoms with Crippen LogP contribution in [0, 0.1) is 13.8 Å². The predicted molar refractivity (Wildman–Crippen MR) is 79.7 cm³/mol.